The van der Waals surface area contributed by atoms with Crippen LogP contribution in [-0.4, -0.2) is 35.4 Å². The Kier molecular flexibility index (Phi) is 5.45. The summed E-state index contributed by atoms with van der Waals surface area (Å²) in [5.41, 5.74) is 6.23. The Labute approximate surface area is 230 Å². The van der Waals surface area contributed by atoms with Gasteiger partial charge >= 0.3 is 0 Å². The highest BCUT2D eigenvalue weighted by atomic mass is 16.5. The van der Waals surface area contributed by atoms with Crippen LogP contribution in [0.15, 0.2) is 85.3 Å². The maximum atomic E-state index is 14.0. The number of ether oxygens (including phenoxy) is 1. The minimum absolute atomic E-state index is 0.194. The van der Waals surface area contributed by atoms with E-state index in [9.17, 15) is 4.79 Å². The Morgan fingerprint density at radius 2 is 1.60 bits per heavy atom. The Balaban J connectivity index is 1.30. The van der Waals surface area contributed by atoms with Gasteiger partial charge in [-0.3, -0.25) is 4.79 Å². The summed E-state index contributed by atoms with van der Waals surface area (Å²) in [7, 11) is 0. The highest BCUT2D eigenvalue weighted by Crippen LogP contribution is 2.44. The molecular weight excluding hydrogens is 502 g/mol. The molecule has 1 aliphatic heterocycles. The van der Waals surface area contributed by atoms with E-state index in [0.29, 0.717) is 34.2 Å². The van der Waals surface area contributed by atoms with Crippen molar-refractivity contribution in [3.8, 4) is 23.0 Å². The van der Waals surface area contributed by atoms with Gasteiger partial charge in [0, 0.05) is 17.2 Å². The molecule has 4 heterocycles. The molecule has 3 aromatic heterocycles. The molecule has 0 saturated heterocycles. The van der Waals surface area contributed by atoms with Gasteiger partial charge in [-0.15, -0.1) is 0 Å². The average Bonchev–Trinajstić information content (AvgIpc) is 3.56. The molecule has 0 unspecified atom stereocenters. The van der Waals surface area contributed by atoms with E-state index < -0.39 is 5.92 Å². The van der Waals surface area contributed by atoms with E-state index in [4.69, 9.17) is 4.74 Å². The first-order chi connectivity index (χ1) is 19.5. The Hall–Kier alpha value is -5.31. The van der Waals surface area contributed by atoms with E-state index in [0.717, 1.165) is 28.1 Å². The summed E-state index contributed by atoms with van der Waals surface area (Å²) in [6.45, 7) is 6.02. The largest absolute Gasteiger partial charge is 0.457 e. The zero-order valence-electron chi connectivity index (χ0n) is 22.2. The second-order valence-corrected chi connectivity index (χ2v) is 9.89. The zero-order chi connectivity index (χ0) is 27.4. The lowest BCUT2D eigenvalue weighted by atomic mass is 9.87. The standard InChI is InChI=1S/C31H25N7O2/c1-18-9-8-12-24(20(18)3)37-29-23(16-34-37)30(33-17-32-29)38-27(15-19(2)36-38)35-31(39)28-21-10-4-6-13-25(21)40-26-14-7-5-11-22(26)28/h4-17,28H,1-3H3,(H,35,39). The van der Waals surface area contributed by atoms with Crippen LogP contribution >= 0.6 is 0 Å². The molecule has 0 atom stereocenters. The molecule has 1 aliphatic rings. The first-order valence-electron chi connectivity index (χ1n) is 13.0. The summed E-state index contributed by atoms with van der Waals surface area (Å²) in [6.07, 6.45) is 3.23. The summed E-state index contributed by atoms with van der Waals surface area (Å²) in [6, 6.07) is 23.2. The molecule has 0 spiro atoms. The van der Waals surface area contributed by atoms with Crippen molar-refractivity contribution in [1.29, 1.82) is 0 Å². The van der Waals surface area contributed by atoms with E-state index in [2.05, 4.69) is 45.4 Å². The number of para-hydroxylation sites is 2. The van der Waals surface area contributed by atoms with E-state index in [-0.39, 0.29) is 5.91 Å². The molecule has 40 heavy (non-hydrogen) atoms. The fourth-order valence-electron chi connectivity index (χ4n) is 5.28. The molecule has 1 amide bonds. The number of rotatable bonds is 4. The molecule has 9 heteroatoms. The maximum absolute atomic E-state index is 14.0. The van der Waals surface area contributed by atoms with Gasteiger partial charge in [-0.2, -0.15) is 14.9 Å². The average molecular weight is 528 g/mol. The highest BCUT2D eigenvalue weighted by molar-refractivity contribution is 5.99. The van der Waals surface area contributed by atoms with Crippen molar-refractivity contribution in [2.75, 3.05) is 5.32 Å². The minimum atomic E-state index is -0.553. The van der Waals surface area contributed by atoms with Gasteiger partial charge in [0.15, 0.2) is 11.5 Å². The molecule has 196 valence electrons. The van der Waals surface area contributed by atoms with Gasteiger partial charge in [0.2, 0.25) is 5.91 Å². The van der Waals surface area contributed by atoms with E-state index in [1.165, 1.54) is 11.9 Å². The van der Waals surface area contributed by atoms with Crippen molar-refractivity contribution in [2.45, 2.75) is 26.7 Å². The topological polar surface area (TPSA) is 99.7 Å². The molecule has 0 radical (unpaired) electrons. The van der Waals surface area contributed by atoms with Crippen LogP contribution < -0.4 is 10.1 Å². The number of anilines is 1. The van der Waals surface area contributed by atoms with Crippen molar-refractivity contribution < 1.29 is 9.53 Å². The summed E-state index contributed by atoms with van der Waals surface area (Å²) >= 11 is 0. The molecule has 9 nitrogen and oxygen atoms in total. The van der Waals surface area contributed by atoms with E-state index in [1.54, 1.807) is 10.9 Å². The summed E-state index contributed by atoms with van der Waals surface area (Å²) < 4.78 is 9.54. The van der Waals surface area contributed by atoms with Crippen LogP contribution in [0.25, 0.3) is 22.5 Å². The van der Waals surface area contributed by atoms with Crippen molar-refractivity contribution in [3.63, 3.8) is 0 Å². The maximum Gasteiger partial charge on any atom is 0.237 e. The number of nitrogens with one attached hydrogen (secondary N) is 1. The van der Waals surface area contributed by atoms with Gasteiger partial charge in [-0.25, -0.2) is 14.6 Å². The summed E-state index contributed by atoms with van der Waals surface area (Å²) in [5.74, 6) is 1.62. The third kappa shape index (κ3) is 3.74. The first kappa shape index (κ1) is 23.8. The zero-order valence-corrected chi connectivity index (χ0v) is 22.2. The number of hydrogen-bond donors (Lipinski definition) is 1. The van der Waals surface area contributed by atoms with E-state index in [1.807, 2.05) is 78.3 Å². The van der Waals surface area contributed by atoms with Crippen LogP contribution in [0, 0.1) is 20.8 Å². The number of nitrogens with zero attached hydrogens (tertiary/aromatic N) is 6. The smallest absolute Gasteiger partial charge is 0.237 e. The Morgan fingerprint density at radius 3 is 2.35 bits per heavy atom. The van der Waals surface area contributed by atoms with Crippen molar-refractivity contribution in [1.82, 2.24) is 29.5 Å². The molecule has 0 fully saturated rings. The number of hydrogen-bond acceptors (Lipinski definition) is 6. The highest BCUT2D eigenvalue weighted by Gasteiger charge is 2.33. The number of fused-ring (bicyclic) bond motifs is 3. The summed E-state index contributed by atoms with van der Waals surface area (Å²) in [4.78, 5) is 23.0. The quantitative estimate of drug-likeness (QED) is 0.311. The third-order valence-corrected chi connectivity index (χ3v) is 7.37. The van der Waals surface area contributed by atoms with Crippen LogP contribution in [0.4, 0.5) is 5.82 Å². The van der Waals surface area contributed by atoms with Gasteiger partial charge < -0.3 is 10.1 Å². The van der Waals surface area contributed by atoms with E-state index >= 15 is 0 Å². The number of aromatic nitrogens is 6. The molecule has 1 N–H and O–H groups in total. The van der Waals surface area contributed by atoms with Crippen LogP contribution in [0.1, 0.15) is 33.9 Å². The Bertz CT molecular complexity index is 1890. The fraction of sp³-hybridized carbons (Fsp3) is 0.129. The van der Waals surface area contributed by atoms with Crippen molar-refractivity contribution in [3.05, 3.63) is 113 Å². The van der Waals surface area contributed by atoms with Crippen molar-refractivity contribution >= 4 is 22.8 Å². The molecule has 3 aromatic carbocycles. The number of benzene rings is 3. The predicted octanol–water partition coefficient (Wildman–Crippen LogP) is 5.80. The molecule has 7 rings (SSSR count). The molecule has 0 aliphatic carbocycles. The van der Waals surface area contributed by atoms with Crippen LogP contribution in [0.2, 0.25) is 0 Å². The van der Waals surface area contributed by atoms with Crippen LogP contribution in [0.3, 0.4) is 0 Å². The monoisotopic (exact) mass is 527 g/mol. The number of aryl methyl sites for hydroxylation is 2. The van der Waals surface area contributed by atoms with Crippen LogP contribution in [-0.2, 0) is 4.79 Å². The lowest BCUT2D eigenvalue weighted by Gasteiger charge is -2.27. The van der Waals surface area contributed by atoms with Gasteiger partial charge in [-0.1, -0.05) is 48.5 Å². The predicted molar refractivity (Wildman–Crippen MR) is 151 cm³/mol. The van der Waals surface area contributed by atoms with Gasteiger partial charge in [0.05, 0.1) is 28.9 Å². The lowest BCUT2D eigenvalue weighted by molar-refractivity contribution is -0.116. The van der Waals surface area contributed by atoms with Gasteiger partial charge in [0.1, 0.15) is 23.6 Å². The number of carbonyl (C=O) groups is 1. The SMILES string of the molecule is Cc1cc(NC(=O)C2c3ccccc3Oc3ccccc32)n(-c2ncnc3c2cnn3-c2cccc(C)c2C)n1. The fourth-order valence-corrected chi connectivity index (χ4v) is 5.28. The van der Waals surface area contributed by atoms with Crippen LogP contribution in [0.5, 0.6) is 11.5 Å². The second-order valence-electron chi connectivity index (χ2n) is 9.89. The molecule has 0 saturated carbocycles. The second kappa shape index (κ2) is 9.16. The van der Waals surface area contributed by atoms with Gasteiger partial charge in [-0.05, 0) is 50.1 Å². The van der Waals surface area contributed by atoms with Gasteiger partial charge in [0.25, 0.3) is 0 Å². The molecule has 0 bridgehead atoms. The normalized spacial score (nSPS) is 12.6. The first-order valence-corrected chi connectivity index (χ1v) is 13.0. The number of amides is 1. The Morgan fingerprint density at radius 1 is 0.875 bits per heavy atom. The minimum Gasteiger partial charge on any atom is -0.457 e. The third-order valence-electron chi connectivity index (χ3n) is 7.37. The van der Waals surface area contributed by atoms with Crippen molar-refractivity contribution in [2.24, 2.45) is 0 Å². The molecular formula is C31H25N7O2. The molecule has 6 aromatic rings. The summed E-state index contributed by atoms with van der Waals surface area (Å²) in [5, 5.41) is 13.2. The lowest BCUT2D eigenvalue weighted by Crippen LogP contribution is -2.26. The number of carbonyl (C=O) groups excluding carboxylic acids is 1.